The Balaban J connectivity index is 0.00000139. The van der Waals surface area contributed by atoms with E-state index in [0.717, 1.165) is 17.3 Å². The molecule has 132 valence electrons. The molecule has 0 aliphatic carbocycles. The smallest absolute Gasteiger partial charge is 0.451 e. The minimum Gasteiger partial charge on any atom is -0.496 e. The predicted octanol–water partition coefficient (Wildman–Crippen LogP) is 5.65. The second-order valence-electron chi connectivity index (χ2n) is 4.60. The molecule has 1 aromatic carbocycles. The van der Waals surface area contributed by atoms with Crippen molar-refractivity contribution in [2.75, 3.05) is 12.4 Å². The summed E-state index contributed by atoms with van der Waals surface area (Å²) in [7, 11) is 1.53. The lowest BCUT2D eigenvalue weighted by atomic mass is 10.1. The first-order valence-corrected chi connectivity index (χ1v) is 8.04. The number of benzene rings is 1. The van der Waals surface area contributed by atoms with Crippen LogP contribution >= 0.6 is 15.9 Å². The van der Waals surface area contributed by atoms with Crippen LogP contribution in [0.4, 0.5) is 24.7 Å². The van der Waals surface area contributed by atoms with E-state index in [9.17, 15) is 13.2 Å². The SMILES string of the molecule is CC.COc1ccc(C)c(Nc2nc(C(F)(F)F)ncc2Br)c1C. The second kappa shape index (κ2) is 8.32. The van der Waals surface area contributed by atoms with Crippen LogP contribution in [-0.2, 0) is 6.18 Å². The summed E-state index contributed by atoms with van der Waals surface area (Å²) in [5.74, 6) is -0.521. The van der Waals surface area contributed by atoms with E-state index in [4.69, 9.17) is 4.74 Å². The van der Waals surface area contributed by atoms with Gasteiger partial charge in [0.2, 0.25) is 5.82 Å². The molecular weight excluding hydrogens is 387 g/mol. The highest BCUT2D eigenvalue weighted by atomic mass is 79.9. The van der Waals surface area contributed by atoms with Crippen LogP contribution in [0.15, 0.2) is 22.8 Å². The Bertz CT molecular complexity index is 706. The number of methoxy groups -OCH3 is 1. The van der Waals surface area contributed by atoms with E-state index in [1.54, 1.807) is 6.07 Å². The molecule has 0 amide bonds. The van der Waals surface area contributed by atoms with E-state index in [1.165, 1.54) is 7.11 Å². The van der Waals surface area contributed by atoms with Gasteiger partial charge < -0.3 is 10.1 Å². The molecule has 0 aliphatic heterocycles. The number of nitrogens with zero attached hydrogens (tertiary/aromatic N) is 2. The third-order valence-corrected chi connectivity index (χ3v) is 3.66. The van der Waals surface area contributed by atoms with Crippen molar-refractivity contribution in [1.29, 1.82) is 0 Å². The largest absolute Gasteiger partial charge is 0.496 e. The van der Waals surface area contributed by atoms with Crippen molar-refractivity contribution in [1.82, 2.24) is 9.97 Å². The molecular formula is C16H19BrF3N3O. The van der Waals surface area contributed by atoms with E-state index in [0.29, 0.717) is 15.9 Å². The molecule has 0 spiro atoms. The molecule has 4 nitrogen and oxygen atoms in total. The molecule has 2 rings (SSSR count). The zero-order valence-electron chi connectivity index (χ0n) is 14.0. The Morgan fingerprint density at radius 2 is 1.79 bits per heavy atom. The Morgan fingerprint density at radius 3 is 2.33 bits per heavy atom. The summed E-state index contributed by atoms with van der Waals surface area (Å²) in [4.78, 5) is 6.82. The number of aryl methyl sites for hydroxylation is 1. The highest BCUT2D eigenvalue weighted by Gasteiger charge is 2.35. The predicted molar refractivity (Wildman–Crippen MR) is 91.8 cm³/mol. The molecule has 1 N–H and O–H groups in total. The summed E-state index contributed by atoms with van der Waals surface area (Å²) in [6.07, 6.45) is -3.53. The standard InChI is InChI=1S/C14H13BrF3N3O.C2H6/c1-7-4-5-10(22-3)8(2)11(7)20-12-9(15)6-19-13(21-12)14(16,17)18;1-2/h4-6H,1-3H3,(H,19,20,21);1-2H3. The Labute approximate surface area is 147 Å². The normalized spacial score (nSPS) is 10.7. The molecule has 0 saturated carbocycles. The first kappa shape index (κ1) is 20.2. The minimum absolute atomic E-state index is 0.0433. The number of ether oxygens (including phenoxy) is 1. The van der Waals surface area contributed by atoms with Crippen LogP contribution in [0.2, 0.25) is 0 Å². The molecule has 1 aromatic heterocycles. The Kier molecular flexibility index (Phi) is 7.01. The minimum atomic E-state index is -4.60. The average molecular weight is 406 g/mol. The van der Waals surface area contributed by atoms with E-state index >= 15 is 0 Å². The topological polar surface area (TPSA) is 47.0 Å². The maximum atomic E-state index is 12.7. The van der Waals surface area contributed by atoms with Gasteiger partial charge in [0, 0.05) is 17.4 Å². The fourth-order valence-electron chi connectivity index (χ4n) is 1.95. The highest BCUT2D eigenvalue weighted by Crippen LogP contribution is 2.34. The molecule has 1 heterocycles. The third kappa shape index (κ3) is 4.59. The van der Waals surface area contributed by atoms with Crippen molar-refractivity contribution >= 4 is 27.4 Å². The van der Waals surface area contributed by atoms with Crippen LogP contribution < -0.4 is 10.1 Å². The lowest BCUT2D eigenvalue weighted by Crippen LogP contribution is -2.12. The van der Waals surface area contributed by atoms with Crippen LogP contribution in [0.5, 0.6) is 5.75 Å². The van der Waals surface area contributed by atoms with Gasteiger partial charge >= 0.3 is 6.18 Å². The van der Waals surface area contributed by atoms with Gasteiger partial charge in [-0.05, 0) is 41.4 Å². The molecule has 0 bridgehead atoms. The number of hydrogen-bond acceptors (Lipinski definition) is 4. The summed E-state index contributed by atoms with van der Waals surface area (Å²) >= 11 is 3.15. The number of nitrogens with one attached hydrogen (secondary N) is 1. The van der Waals surface area contributed by atoms with Crippen molar-refractivity contribution in [3.05, 3.63) is 39.8 Å². The van der Waals surface area contributed by atoms with Crippen molar-refractivity contribution in [3.63, 3.8) is 0 Å². The number of alkyl halides is 3. The van der Waals surface area contributed by atoms with Crippen molar-refractivity contribution in [2.24, 2.45) is 0 Å². The van der Waals surface area contributed by atoms with Gasteiger partial charge in [-0.25, -0.2) is 9.97 Å². The molecule has 0 aliphatic rings. The van der Waals surface area contributed by atoms with E-state index in [2.05, 4.69) is 31.2 Å². The van der Waals surface area contributed by atoms with Crippen LogP contribution in [0.25, 0.3) is 0 Å². The number of aromatic nitrogens is 2. The molecule has 0 atom stereocenters. The van der Waals surface area contributed by atoms with Gasteiger partial charge in [-0.3, -0.25) is 0 Å². The molecule has 24 heavy (non-hydrogen) atoms. The van der Waals surface area contributed by atoms with Gasteiger partial charge in [0.15, 0.2) is 0 Å². The summed E-state index contributed by atoms with van der Waals surface area (Å²) in [5.41, 5.74) is 2.28. The van der Waals surface area contributed by atoms with Gasteiger partial charge in [0.25, 0.3) is 0 Å². The monoisotopic (exact) mass is 405 g/mol. The third-order valence-electron chi connectivity index (χ3n) is 3.08. The van der Waals surface area contributed by atoms with Crippen molar-refractivity contribution in [3.8, 4) is 5.75 Å². The molecule has 0 saturated heterocycles. The van der Waals surface area contributed by atoms with E-state index in [-0.39, 0.29) is 5.82 Å². The number of halogens is 4. The van der Waals surface area contributed by atoms with Gasteiger partial charge in [0.1, 0.15) is 11.6 Å². The van der Waals surface area contributed by atoms with Crippen LogP contribution in [0.3, 0.4) is 0 Å². The fraction of sp³-hybridized carbons (Fsp3) is 0.375. The zero-order chi connectivity index (χ0) is 18.5. The van der Waals surface area contributed by atoms with E-state index in [1.807, 2.05) is 33.8 Å². The van der Waals surface area contributed by atoms with Gasteiger partial charge in [-0.15, -0.1) is 0 Å². The quantitative estimate of drug-likeness (QED) is 0.715. The Morgan fingerprint density at radius 1 is 1.17 bits per heavy atom. The van der Waals surface area contributed by atoms with Crippen molar-refractivity contribution in [2.45, 2.75) is 33.9 Å². The first-order chi connectivity index (χ1) is 11.2. The maximum absolute atomic E-state index is 12.7. The molecule has 0 unspecified atom stereocenters. The fourth-order valence-corrected chi connectivity index (χ4v) is 2.24. The lowest BCUT2D eigenvalue weighted by Gasteiger charge is -2.16. The summed E-state index contributed by atoms with van der Waals surface area (Å²) in [6.45, 7) is 7.66. The lowest BCUT2D eigenvalue weighted by molar-refractivity contribution is -0.144. The zero-order valence-corrected chi connectivity index (χ0v) is 15.6. The van der Waals surface area contributed by atoms with Gasteiger partial charge in [0.05, 0.1) is 11.6 Å². The number of anilines is 2. The number of rotatable bonds is 3. The first-order valence-electron chi connectivity index (χ1n) is 7.25. The maximum Gasteiger partial charge on any atom is 0.451 e. The number of hydrogen-bond donors (Lipinski definition) is 1. The molecule has 2 aromatic rings. The summed E-state index contributed by atoms with van der Waals surface area (Å²) in [6, 6.07) is 3.61. The Hall–Kier alpha value is -1.83. The molecule has 0 fully saturated rings. The van der Waals surface area contributed by atoms with Gasteiger partial charge in [-0.1, -0.05) is 19.9 Å². The van der Waals surface area contributed by atoms with Crippen LogP contribution in [-0.4, -0.2) is 17.1 Å². The van der Waals surface area contributed by atoms with Crippen LogP contribution in [0, 0.1) is 13.8 Å². The van der Waals surface area contributed by atoms with Crippen molar-refractivity contribution < 1.29 is 17.9 Å². The van der Waals surface area contributed by atoms with Crippen LogP contribution in [0.1, 0.15) is 30.8 Å². The highest BCUT2D eigenvalue weighted by molar-refractivity contribution is 9.10. The molecule has 8 heteroatoms. The molecule has 0 radical (unpaired) electrons. The average Bonchev–Trinajstić information content (AvgIpc) is 2.54. The van der Waals surface area contributed by atoms with Gasteiger partial charge in [-0.2, -0.15) is 13.2 Å². The van der Waals surface area contributed by atoms with E-state index < -0.39 is 12.0 Å². The summed E-state index contributed by atoms with van der Waals surface area (Å²) in [5, 5.41) is 2.92. The second-order valence-corrected chi connectivity index (χ2v) is 5.45. The summed E-state index contributed by atoms with van der Waals surface area (Å²) < 4.78 is 43.7.